The Hall–Kier alpha value is -0.120. The first kappa shape index (κ1) is 25.9. The molecule has 0 saturated carbocycles. The van der Waals surface area contributed by atoms with Crippen LogP contribution < -0.4 is 0 Å². The van der Waals surface area contributed by atoms with Crippen molar-refractivity contribution in [3.05, 3.63) is 6.42 Å². The van der Waals surface area contributed by atoms with E-state index >= 15 is 0 Å². The summed E-state index contributed by atoms with van der Waals surface area (Å²) in [5.74, 6) is 0. The predicted octanol–water partition coefficient (Wildman–Crippen LogP) is 6.02. The van der Waals surface area contributed by atoms with Crippen molar-refractivity contribution < 1.29 is 14.0 Å². The van der Waals surface area contributed by atoms with E-state index in [9.17, 15) is 0 Å². The van der Waals surface area contributed by atoms with Crippen molar-refractivity contribution in [2.45, 2.75) is 110 Å². The third kappa shape index (κ3) is 15.0. The normalized spacial score (nSPS) is 15.8. The van der Waals surface area contributed by atoms with Gasteiger partial charge in [-0.05, 0) is 19.8 Å². The van der Waals surface area contributed by atoms with E-state index in [1.165, 1.54) is 64.2 Å². The van der Waals surface area contributed by atoms with Crippen molar-refractivity contribution in [3.8, 4) is 0 Å². The van der Waals surface area contributed by atoms with Crippen LogP contribution in [0.4, 0.5) is 0 Å². The maximum absolute atomic E-state index is 6.43. The van der Waals surface area contributed by atoms with Crippen LogP contribution in [0.15, 0.2) is 0 Å². The highest BCUT2D eigenvalue weighted by Crippen LogP contribution is 2.18. The molecule has 0 aromatic carbocycles. The molecule has 0 spiro atoms. The summed E-state index contributed by atoms with van der Waals surface area (Å²) in [4.78, 5) is 0. The van der Waals surface area contributed by atoms with E-state index in [1.807, 2.05) is 0 Å². The summed E-state index contributed by atoms with van der Waals surface area (Å²) in [5, 5.41) is 0. The second kappa shape index (κ2) is 15.9. The van der Waals surface area contributed by atoms with Crippen molar-refractivity contribution in [1.29, 1.82) is 0 Å². The molecule has 0 fully saturated rings. The molecule has 1 radical (unpaired) electrons. The van der Waals surface area contributed by atoms with Gasteiger partial charge in [-0.3, -0.25) is 0 Å². The van der Waals surface area contributed by atoms with Crippen LogP contribution in [0.5, 0.6) is 0 Å². The first-order valence-electron chi connectivity index (χ1n) is 11.2. The van der Waals surface area contributed by atoms with E-state index in [1.54, 1.807) is 7.11 Å². The van der Waals surface area contributed by atoms with Gasteiger partial charge in [-0.15, -0.1) is 0 Å². The van der Waals surface area contributed by atoms with Crippen LogP contribution in [-0.2, 0) is 9.47 Å². The summed E-state index contributed by atoms with van der Waals surface area (Å²) in [5.41, 5.74) is 0. The Kier molecular flexibility index (Phi) is 15.8. The van der Waals surface area contributed by atoms with Gasteiger partial charge in [0.05, 0.1) is 46.0 Å². The van der Waals surface area contributed by atoms with Gasteiger partial charge in [0.1, 0.15) is 0 Å². The molecule has 0 aliphatic heterocycles. The second-order valence-electron chi connectivity index (χ2n) is 8.90. The number of hydrogen-bond donors (Lipinski definition) is 0. The van der Waals surface area contributed by atoms with Gasteiger partial charge in [0.15, 0.2) is 0 Å². The Morgan fingerprint density at radius 1 is 0.846 bits per heavy atom. The first-order chi connectivity index (χ1) is 12.3. The third-order valence-corrected chi connectivity index (χ3v) is 5.15. The molecule has 0 saturated heterocycles. The Labute approximate surface area is 165 Å². The number of rotatable bonds is 18. The number of hydrogen-bond acceptors (Lipinski definition) is 2. The highest BCUT2D eigenvalue weighted by Gasteiger charge is 2.24. The van der Waals surface area contributed by atoms with Gasteiger partial charge in [-0.25, -0.2) is 0 Å². The molecular weight excluding hydrogens is 322 g/mol. The SMILES string of the molecule is CCCCCCCCCCCC(CC)OC([CH]C[N+](C)(C)C)C(C)OC. The average molecular weight is 372 g/mol. The van der Waals surface area contributed by atoms with Crippen LogP contribution in [0.3, 0.4) is 0 Å². The molecule has 0 heterocycles. The molecule has 0 aliphatic rings. The van der Waals surface area contributed by atoms with Crippen LogP contribution in [0.1, 0.15) is 91.4 Å². The van der Waals surface area contributed by atoms with E-state index in [2.05, 4.69) is 48.3 Å². The molecule has 3 unspecified atom stereocenters. The molecule has 157 valence electrons. The standard InChI is InChI=1S/C23H49NO2/c1-8-10-11-12-13-14-15-16-17-18-22(9-2)26-23(21(3)25-7)19-20-24(4,5)6/h19,21-23H,8-18,20H2,1-7H3/q+1. The van der Waals surface area contributed by atoms with Gasteiger partial charge in [0, 0.05) is 13.5 Å². The minimum Gasteiger partial charge on any atom is -0.379 e. The van der Waals surface area contributed by atoms with Gasteiger partial charge < -0.3 is 14.0 Å². The van der Waals surface area contributed by atoms with Crippen molar-refractivity contribution >= 4 is 0 Å². The fourth-order valence-electron chi connectivity index (χ4n) is 3.19. The van der Waals surface area contributed by atoms with Crippen LogP contribution in [0, 0.1) is 6.42 Å². The maximum atomic E-state index is 6.43. The van der Waals surface area contributed by atoms with Crippen molar-refractivity contribution in [2.75, 3.05) is 34.8 Å². The zero-order valence-corrected chi connectivity index (χ0v) is 19.1. The minimum absolute atomic E-state index is 0.0841. The topological polar surface area (TPSA) is 18.5 Å². The molecule has 0 N–H and O–H groups in total. The zero-order valence-electron chi connectivity index (χ0n) is 19.1. The lowest BCUT2D eigenvalue weighted by Gasteiger charge is -2.31. The zero-order chi connectivity index (χ0) is 19.8. The Balaban J connectivity index is 4.03. The summed E-state index contributed by atoms with van der Waals surface area (Å²) in [7, 11) is 8.42. The van der Waals surface area contributed by atoms with E-state index in [-0.39, 0.29) is 12.2 Å². The molecular formula is C23H49NO2+. The monoisotopic (exact) mass is 371 g/mol. The minimum atomic E-state index is 0.0841. The number of nitrogens with zero attached hydrogens (tertiary/aromatic N) is 1. The van der Waals surface area contributed by atoms with Crippen molar-refractivity contribution in [3.63, 3.8) is 0 Å². The first-order valence-corrected chi connectivity index (χ1v) is 11.2. The van der Waals surface area contributed by atoms with Gasteiger partial charge >= 0.3 is 0 Å². The lowest BCUT2D eigenvalue weighted by atomic mass is 10.0. The Morgan fingerprint density at radius 2 is 1.38 bits per heavy atom. The smallest absolute Gasteiger partial charge is 0.0925 e. The van der Waals surface area contributed by atoms with E-state index in [0.717, 1.165) is 17.4 Å². The number of unbranched alkanes of at least 4 members (excludes halogenated alkanes) is 8. The number of quaternary nitrogens is 1. The van der Waals surface area contributed by atoms with Crippen molar-refractivity contribution in [1.82, 2.24) is 0 Å². The number of ether oxygens (including phenoxy) is 2. The lowest BCUT2D eigenvalue weighted by Crippen LogP contribution is -2.41. The summed E-state index contributed by atoms with van der Waals surface area (Å²) in [6.07, 6.45) is 17.5. The second-order valence-corrected chi connectivity index (χ2v) is 8.90. The summed E-state index contributed by atoms with van der Waals surface area (Å²) in [6, 6.07) is 0. The Morgan fingerprint density at radius 3 is 1.85 bits per heavy atom. The highest BCUT2D eigenvalue weighted by molar-refractivity contribution is 4.83. The van der Waals surface area contributed by atoms with E-state index < -0.39 is 0 Å². The molecule has 0 aromatic rings. The molecule has 3 heteroatoms. The van der Waals surface area contributed by atoms with E-state index in [0.29, 0.717) is 6.10 Å². The van der Waals surface area contributed by atoms with E-state index in [4.69, 9.17) is 9.47 Å². The van der Waals surface area contributed by atoms with Crippen LogP contribution in [-0.4, -0.2) is 57.6 Å². The molecule has 0 amide bonds. The van der Waals surface area contributed by atoms with Gasteiger partial charge in [-0.1, -0.05) is 71.6 Å². The maximum Gasteiger partial charge on any atom is 0.0925 e. The van der Waals surface area contributed by atoms with Crippen molar-refractivity contribution in [2.24, 2.45) is 0 Å². The molecule has 3 nitrogen and oxygen atoms in total. The average Bonchev–Trinajstić information content (AvgIpc) is 2.60. The summed E-state index contributed by atoms with van der Waals surface area (Å²) < 4.78 is 12.9. The Bertz CT molecular complexity index is 301. The van der Waals surface area contributed by atoms with Crippen LogP contribution in [0.2, 0.25) is 0 Å². The molecule has 0 rings (SSSR count). The largest absolute Gasteiger partial charge is 0.379 e. The summed E-state index contributed by atoms with van der Waals surface area (Å²) in [6.45, 7) is 7.63. The van der Waals surface area contributed by atoms with Crippen LogP contribution in [0.25, 0.3) is 0 Å². The van der Waals surface area contributed by atoms with Gasteiger partial charge in [0.2, 0.25) is 0 Å². The molecule has 26 heavy (non-hydrogen) atoms. The van der Waals surface area contributed by atoms with Crippen LogP contribution >= 0.6 is 0 Å². The lowest BCUT2D eigenvalue weighted by molar-refractivity contribution is -0.866. The quantitative estimate of drug-likeness (QED) is 0.217. The predicted molar refractivity (Wildman–Crippen MR) is 114 cm³/mol. The fraction of sp³-hybridized carbons (Fsp3) is 0.957. The molecule has 3 atom stereocenters. The molecule has 0 aliphatic carbocycles. The number of methoxy groups -OCH3 is 1. The fourth-order valence-corrected chi connectivity index (χ4v) is 3.19. The summed E-state index contributed by atoms with van der Waals surface area (Å²) >= 11 is 0. The molecule has 0 aromatic heterocycles. The van der Waals surface area contributed by atoms with Gasteiger partial charge in [-0.2, -0.15) is 0 Å². The molecule has 0 bridgehead atoms. The highest BCUT2D eigenvalue weighted by atomic mass is 16.5. The third-order valence-electron chi connectivity index (χ3n) is 5.15. The van der Waals surface area contributed by atoms with Gasteiger partial charge in [0.25, 0.3) is 0 Å².